The van der Waals surface area contributed by atoms with Crippen LogP contribution in [0.15, 0.2) is 194 Å². The Morgan fingerprint density at radius 1 is 0.340 bits per heavy atom. The fraction of sp³-hybridized carbons (Fsp3) is 0. The summed E-state index contributed by atoms with van der Waals surface area (Å²) in [7, 11) is 0. The van der Waals surface area contributed by atoms with E-state index in [1.165, 1.54) is 10.8 Å². The van der Waals surface area contributed by atoms with E-state index in [-0.39, 0.29) is 0 Å². The first-order valence-corrected chi connectivity index (χ1v) is 17.9. The van der Waals surface area contributed by atoms with Crippen molar-refractivity contribution in [3.8, 4) is 62.1 Å². The molecule has 4 nitrogen and oxygen atoms in total. The average molecular weight is 677 g/mol. The molecule has 0 amide bonds. The van der Waals surface area contributed by atoms with Crippen LogP contribution < -0.4 is 0 Å². The van der Waals surface area contributed by atoms with Gasteiger partial charge in [-0.3, -0.25) is 0 Å². The quantitative estimate of drug-likeness (QED) is 0.176. The third-order valence-electron chi connectivity index (χ3n) is 10.0. The summed E-state index contributed by atoms with van der Waals surface area (Å²) < 4.78 is 2.38. The highest BCUT2D eigenvalue weighted by Crippen LogP contribution is 2.41. The number of aromatic nitrogens is 4. The molecule has 0 bridgehead atoms. The molecule has 2 aromatic heterocycles. The van der Waals surface area contributed by atoms with Gasteiger partial charge in [-0.15, -0.1) is 0 Å². The number of benzene rings is 8. The van der Waals surface area contributed by atoms with Crippen LogP contribution in [0.5, 0.6) is 0 Å². The number of rotatable bonds is 6. The van der Waals surface area contributed by atoms with Gasteiger partial charge in [-0.25, -0.2) is 15.0 Å². The molecule has 10 rings (SSSR count). The van der Waals surface area contributed by atoms with Crippen molar-refractivity contribution in [1.82, 2.24) is 19.5 Å². The van der Waals surface area contributed by atoms with Gasteiger partial charge in [0.15, 0.2) is 17.5 Å². The molecule has 0 spiro atoms. The van der Waals surface area contributed by atoms with Crippen molar-refractivity contribution in [1.29, 1.82) is 0 Å². The summed E-state index contributed by atoms with van der Waals surface area (Å²) in [6.07, 6.45) is 0. The minimum atomic E-state index is 0.623. The van der Waals surface area contributed by atoms with Crippen LogP contribution in [0.25, 0.3) is 94.7 Å². The summed E-state index contributed by atoms with van der Waals surface area (Å²) in [6, 6.07) is 68.0. The summed E-state index contributed by atoms with van der Waals surface area (Å²) in [4.78, 5) is 15.7. The predicted octanol–water partition coefficient (Wildman–Crippen LogP) is 12.5. The molecule has 0 aliphatic rings. The monoisotopic (exact) mass is 676 g/mol. The Bertz CT molecular complexity index is 2860. The molecule has 10 aromatic rings. The zero-order valence-corrected chi connectivity index (χ0v) is 28.8. The summed E-state index contributed by atoms with van der Waals surface area (Å²) in [6.45, 7) is 0. The molecule has 248 valence electrons. The van der Waals surface area contributed by atoms with Crippen molar-refractivity contribution in [2.24, 2.45) is 0 Å². The molecular weight excluding hydrogens is 645 g/mol. The third kappa shape index (κ3) is 5.45. The van der Waals surface area contributed by atoms with Crippen LogP contribution in [0, 0.1) is 0 Å². The minimum absolute atomic E-state index is 0.623. The van der Waals surface area contributed by atoms with Crippen LogP contribution in [-0.4, -0.2) is 19.5 Å². The SMILES string of the molecule is c1ccc(-c2cc(-c3ccccc3)cc(-c3nc(-c4ccccc4)nc(-c4cccc5c4c4ccc6ccccc6c4n5-c4ccccc4)n3)c2)cc1. The molecule has 0 saturated carbocycles. The molecule has 0 aliphatic carbocycles. The van der Waals surface area contributed by atoms with Crippen LogP contribution >= 0.6 is 0 Å². The molecular formula is C49H32N4. The first kappa shape index (κ1) is 30.6. The lowest BCUT2D eigenvalue weighted by Crippen LogP contribution is -2.01. The van der Waals surface area contributed by atoms with Gasteiger partial charge in [0.1, 0.15) is 0 Å². The van der Waals surface area contributed by atoms with E-state index in [1.807, 2.05) is 30.3 Å². The summed E-state index contributed by atoms with van der Waals surface area (Å²) in [5, 5.41) is 4.65. The Morgan fingerprint density at radius 3 is 1.53 bits per heavy atom. The molecule has 2 heterocycles. The molecule has 0 unspecified atom stereocenters. The number of hydrogen-bond acceptors (Lipinski definition) is 3. The predicted molar refractivity (Wildman–Crippen MR) is 219 cm³/mol. The van der Waals surface area contributed by atoms with E-state index in [1.54, 1.807) is 0 Å². The number of para-hydroxylation sites is 1. The maximum Gasteiger partial charge on any atom is 0.164 e. The van der Waals surface area contributed by atoms with Crippen LogP contribution in [-0.2, 0) is 0 Å². The van der Waals surface area contributed by atoms with E-state index in [0.717, 1.165) is 66.4 Å². The van der Waals surface area contributed by atoms with Gasteiger partial charge in [0.2, 0.25) is 0 Å². The normalized spacial score (nSPS) is 11.4. The lowest BCUT2D eigenvalue weighted by Gasteiger charge is -2.13. The van der Waals surface area contributed by atoms with Gasteiger partial charge < -0.3 is 4.57 Å². The molecule has 8 aromatic carbocycles. The van der Waals surface area contributed by atoms with Crippen LogP contribution in [0.3, 0.4) is 0 Å². The van der Waals surface area contributed by atoms with E-state index >= 15 is 0 Å². The van der Waals surface area contributed by atoms with Gasteiger partial charge in [0, 0.05) is 38.5 Å². The Balaban J connectivity index is 1.27. The third-order valence-corrected chi connectivity index (χ3v) is 10.0. The summed E-state index contributed by atoms with van der Waals surface area (Å²) in [5.41, 5.74) is 10.7. The highest BCUT2D eigenvalue weighted by molar-refractivity contribution is 6.22. The molecule has 0 radical (unpaired) electrons. The standard InChI is InChI=1S/C49H32N4/c1-5-16-33(17-6-1)37-30-38(34-18-7-2-8-19-34)32-39(31-37)48-50-47(36-21-9-3-10-22-36)51-49(52-48)43-26-15-27-44-45(43)42-29-28-35-20-13-14-25-41(35)46(42)53(44)40-23-11-4-12-24-40/h1-32H. The lowest BCUT2D eigenvalue weighted by molar-refractivity contribution is 1.08. The van der Waals surface area contributed by atoms with E-state index in [9.17, 15) is 0 Å². The molecule has 0 fully saturated rings. The van der Waals surface area contributed by atoms with E-state index in [0.29, 0.717) is 17.5 Å². The summed E-state index contributed by atoms with van der Waals surface area (Å²) >= 11 is 0. The van der Waals surface area contributed by atoms with E-state index in [2.05, 4.69) is 168 Å². The second-order valence-electron chi connectivity index (χ2n) is 13.3. The van der Waals surface area contributed by atoms with Gasteiger partial charge in [0.05, 0.1) is 11.0 Å². The Kier molecular flexibility index (Phi) is 7.43. The molecule has 0 N–H and O–H groups in total. The topological polar surface area (TPSA) is 43.6 Å². The van der Waals surface area contributed by atoms with Gasteiger partial charge in [-0.05, 0) is 64.0 Å². The maximum atomic E-state index is 5.34. The van der Waals surface area contributed by atoms with E-state index < -0.39 is 0 Å². The maximum absolute atomic E-state index is 5.34. The second-order valence-corrected chi connectivity index (χ2v) is 13.3. The highest BCUT2D eigenvalue weighted by atomic mass is 15.0. The second kappa shape index (κ2) is 12.9. The van der Waals surface area contributed by atoms with Crippen molar-refractivity contribution in [2.45, 2.75) is 0 Å². The molecule has 4 heteroatoms. The van der Waals surface area contributed by atoms with Crippen molar-refractivity contribution in [3.05, 3.63) is 194 Å². The average Bonchev–Trinajstić information content (AvgIpc) is 3.60. The minimum Gasteiger partial charge on any atom is -0.309 e. The zero-order valence-electron chi connectivity index (χ0n) is 28.8. The Morgan fingerprint density at radius 2 is 0.868 bits per heavy atom. The molecule has 0 atom stereocenters. The molecule has 0 saturated heterocycles. The zero-order chi connectivity index (χ0) is 35.1. The van der Waals surface area contributed by atoms with Gasteiger partial charge in [-0.2, -0.15) is 0 Å². The van der Waals surface area contributed by atoms with Crippen LogP contribution in [0.2, 0.25) is 0 Å². The fourth-order valence-corrected chi connectivity index (χ4v) is 7.55. The smallest absolute Gasteiger partial charge is 0.164 e. The van der Waals surface area contributed by atoms with Crippen LogP contribution in [0.4, 0.5) is 0 Å². The fourth-order valence-electron chi connectivity index (χ4n) is 7.55. The van der Waals surface area contributed by atoms with Gasteiger partial charge >= 0.3 is 0 Å². The summed E-state index contributed by atoms with van der Waals surface area (Å²) in [5.74, 6) is 1.88. The molecule has 53 heavy (non-hydrogen) atoms. The van der Waals surface area contributed by atoms with Gasteiger partial charge in [-0.1, -0.05) is 158 Å². The van der Waals surface area contributed by atoms with Crippen molar-refractivity contribution < 1.29 is 0 Å². The molecule has 0 aliphatic heterocycles. The number of nitrogens with zero attached hydrogens (tertiary/aromatic N) is 4. The lowest BCUT2D eigenvalue weighted by atomic mass is 9.96. The van der Waals surface area contributed by atoms with Crippen molar-refractivity contribution in [3.63, 3.8) is 0 Å². The van der Waals surface area contributed by atoms with Crippen molar-refractivity contribution in [2.75, 3.05) is 0 Å². The first-order valence-electron chi connectivity index (χ1n) is 17.9. The number of fused-ring (bicyclic) bond motifs is 5. The largest absolute Gasteiger partial charge is 0.309 e. The van der Waals surface area contributed by atoms with Crippen molar-refractivity contribution >= 4 is 32.6 Å². The van der Waals surface area contributed by atoms with Crippen LogP contribution in [0.1, 0.15) is 0 Å². The van der Waals surface area contributed by atoms with Gasteiger partial charge in [0.25, 0.3) is 0 Å². The first-order chi connectivity index (χ1) is 26.3. The van der Waals surface area contributed by atoms with E-state index in [4.69, 9.17) is 15.0 Å². The number of hydrogen-bond donors (Lipinski definition) is 0. The Labute approximate surface area is 307 Å². The Hall–Kier alpha value is -7.17. The highest BCUT2D eigenvalue weighted by Gasteiger charge is 2.21.